The number of halogens is 1. The number of hydrogen-bond donors (Lipinski definition) is 2. The Hall–Kier alpha value is -0.540. The fourth-order valence-electron chi connectivity index (χ4n) is 2.01. The highest BCUT2D eigenvalue weighted by Crippen LogP contribution is 2.27. The third kappa shape index (κ3) is 4.99. The van der Waals surface area contributed by atoms with Crippen LogP contribution in [-0.4, -0.2) is 17.3 Å². The van der Waals surface area contributed by atoms with Gasteiger partial charge in [0.05, 0.1) is 12.1 Å². The number of para-hydroxylation sites is 1. The van der Waals surface area contributed by atoms with Crippen molar-refractivity contribution in [2.24, 2.45) is 0 Å². The minimum atomic E-state index is -0.238. The lowest BCUT2D eigenvalue weighted by atomic mass is 9.94. The highest BCUT2D eigenvalue weighted by Gasteiger charge is 2.23. The summed E-state index contributed by atoms with van der Waals surface area (Å²) in [6.45, 7) is 4.45. The van der Waals surface area contributed by atoms with Crippen LogP contribution in [0.25, 0.3) is 0 Å². The Morgan fingerprint density at radius 3 is 2.56 bits per heavy atom. The van der Waals surface area contributed by atoms with Crippen molar-refractivity contribution in [2.45, 2.75) is 51.5 Å². The molecule has 1 aromatic rings. The number of anilines is 1. The lowest BCUT2D eigenvalue weighted by Crippen LogP contribution is -2.38. The molecule has 0 saturated carbocycles. The topological polar surface area (TPSA) is 32.3 Å². The smallest absolute Gasteiger partial charge is 0.0658 e. The van der Waals surface area contributed by atoms with Gasteiger partial charge in [0.2, 0.25) is 0 Å². The molecule has 0 radical (unpaired) electrons. The van der Waals surface area contributed by atoms with Crippen LogP contribution in [-0.2, 0) is 0 Å². The maximum atomic E-state index is 9.62. The van der Waals surface area contributed by atoms with E-state index < -0.39 is 0 Å². The first kappa shape index (κ1) is 15.5. The number of rotatable bonds is 8. The lowest BCUT2D eigenvalue weighted by molar-refractivity contribution is 0.211. The van der Waals surface area contributed by atoms with Crippen LogP contribution >= 0.6 is 15.9 Å². The van der Waals surface area contributed by atoms with Gasteiger partial charge in [-0.15, -0.1) is 0 Å². The quantitative estimate of drug-likeness (QED) is 0.688. The van der Waals surface area contributed by atoms with E-state index in [2.05, 4.69) is 35.1 Å². The van der Waals surface area contributed by atoms with Gasteiger partial charge in [-0.3, -0.25) is 0 Å². The minimum Gasteiger partial charge on any atom is -0.394 e. The van der Waals surface area contributed by atoms with Gasteiger partial charge in [-0.05, 0) is 41.4 Å². The third-order valence-corrected chi connectivity index (χ3v) is 3.93. The Bertz CT molecular complexity index is 356. The summed E-state index contributed by atoms with van der Waals surface area (Å²) in [5.74, 6) is 0. The first-order valence-corrected chi connectivity index (χ1v) is 7.54. The first-order chi connectivity index (χ1) is 8.61. The molecule has 3 heteroatoms. The van der Waals surface area contributed by atoms with Gasteiger partial charge in [0.15, 0.2) is 0 Å². The summed E-state index contributed by atoms with van der Waals surface area (Å²) >= 11 is 3.53. The number of benzene rings is 1. The summed E-state index contributed by atoms with van der Waals surface area (Å²) < 4.78 is 1.04. The van der Waals surface area contributed by atoms with Crippen molar-refractivity contribution in [2.75, 3.05) is 11.9 Å². The van der Waals surface area contributed by atoms with Crippen LogP contribution in [0.1, 0.15) is 46.0 Å². The molecule has 1 unspecified atom stereocenters. The number of aliphatic hydroxyl groups is 1. The normalized spacial score (nSPS) is 14.2. The Kier molecular flexibility index (Phi) is 6.72. The van der Waals surface area contributed by atoms with Crippen LogP contribution in [0.4, 0.5) is 5.69 Å². The fourth-order valence-corrected chi connectivity index (χ4v) is 2.39. The fraction of sp³-hybridized carbons (Fsp3) is 0.600. The Labute approximate surface area is 119 Å². The number of nitrogens with one attached hydrogen (secondary N) is 1. The molecule has 0 aromatic heterocycles. The average Bonchev–Trinajstić information content (AvgIpc) is 2.38. The molecule has 0 saturated heterocycles. The minimum absolute atomic E-state index is 0.153. The number of aliphatic hydroxyl groups excluding tert-OH is 1. The van der Waals surface area contributed by atoms with Gasteiger partial charge in [-0.2, -0.15) is 0 Å². The van der Waals surface area contributed by atoms with E-state index in [1.807, 2.05) is 24.3 Å². The van der Waals surface area contributed by atoms with Gasteiger partial charge in [0.25, 0.3) is 0 Å². The first-order valence-electron chi connectivity index (χ1n) is 6.75. The van der Waals surface area contributed by atoms with Crippen LogP contribution in [0, 0.1) is 0 Å². The molecule has 0 aliphatic rings. The van der Waals surface area contributed by atoms with Crippen LogP contribution in [0.2, 0.25) is 0 Å². The molecular weight excluding hydrogens is 290 g/mol. The monoisotopic (exact) mass is 313 g/mol. The zero-order valence-corrected chi connectivity index (χ0v) is 13.0. The largest absolute Gasteiger partial charge is 0.394 e. The van der Waals surface area contributed by atoms with Crippen LogP contribution in [0.5, 0.6) is 0 Å². The molecule has 0 fully saturated rings. The molecule has 1 aromatic carbocycles. The summed E-state index contributed by atoms with van der Waals surface area (Å²) in [4.78, 5) is 0. The van der Waals surface area contributed by atoms with Crippen molar-refractivity contribution in [3.05, 3.63) is 28.7 Å². The second-order valence-electron chi connectivity index (χ2n) is 5.13. The number of unbranched alkanes of at least 4 members (excludes halogenated alkanes) is 3. The molecule has 0 aliphatic heterocycles. The summed E-state index contributed by atoms with van der Waals surface area (Å²) in [5.41, 5.74) is 0.807. The van der Waals surface area contributed by atoms with Crippen molar-refractivity contribution in [1.29, 1.82) is 0 Å². The van der Waals surface area contributed by atoms with Gasteiger partial charge >= 0.3 is 0 Å². The van der Waals surface area contributed by atoms with Crippen molar-refractivity contribution in [3.8, 4) is 0 Å². The SMILES string of the molecule is CCCCCCC(C)(CO)Nc1ccccc1Br. The maximum absolute atomic E-state index is 9.62. The zero-order valence-electron chi connectivity index (χ0n) is 11.4. The molecule has 0 heterocycles. The molecule has 1 atom stereocenters. The van der Waals surface area contributed by atoms with Gasteiger partial charge in [-0.25, -0.2) is 0 Å². The third-order valence-electron chi connectivity index (χ3n) is 3.24. The Morgan fingerprint density at radius 1 is 1.22 bits per heavy atom. The molecule has 0 spiro atoms. The molecule has 0 aliphatic carbocycles. The van der Waals surface area contributed by atoms with E-state index in [0.717, 1.165) is 23.0 Å². The summed E-state index contributed by atoms with van der Waals surface area (Å²) in [5, 5.41) is 13.1. The van der Waals surface area contributed by atoms with Crippen LogP contribution in [0.15, 0.2) is 28.7 Å². The Morgan fingerprint density at radius 2 is 1.94 bits per heavy atom. The molecular formula is C15H24BrNO. The van der Waals surface area contributed by atoms with E-state index in [9.17, 15) is 5.11 Å². The van der Waals surface area contributed by atoms with E-state index in [-0.39, 0.29) is 12.1 Å². The number of hydrogen-bond acceptors (Lipinski definition) is 2. The molecule has 18 heavy (non-hydrogen) atoms. The summed E-state index contributed by atoms with van der Waals surface area (Å²) in [7, 11) is 0. The van der Waals surface area contributed by atoms with Crippen molar-refractivity contribution in [3.63, 3.8) is 0 Å². The van der Waals surface area contributed by atoms with E-state index in [0.29, 0.717) is 0 Å². The summed E-state index contributed by atoms with van der Waals surface area (Å²) in [6, 6.07) is 8.04. The van der Waals surface area contributed by atoms with E-state index in [1.165, 1.54) is 19.3 Å². The standard InChI is InChI=1S/C15H24BrNO/c1-3-4-5-8-11-15(2,12-18)17-14-10-7-6-9-13(14)16/h6-7,9-10,17-18H,3-5,8,11-12H2,1-2H3. The predicted octanol–water partition coefficient (Wildman–Crippen LogP) is 4.58. The van der Waals surface area contributed by atoms with Crippen molar-refractivity contribution in [1.82, 2.24) is 0 Å². The van der Waals surface area contributed by atoms with Gasteiger partial charge in [-0.1, -0.05) is 44.7 Å². The second kappa shape index (κ2) is 7.80. The molecule has 0 amide bonds. The van der Waals surface area contributed by atoms with Crippen LogP contribution < -0.4 is 5.32 Å². The van der Waals surface area contributed by atoms with E-state index in [4.69, 9.17) is 0 Å². The van der Waals surface area contributed by atoms with Gasteiger partial charge < -0.3 is 10.4 Å². The van der Waals surface area contributed by atoms with Gasteiger partial charge in [0.1, 0.15) is 0 Å². The van der Waals surface area contributed by atoms with Crippen LogP contribution in [0.3, 0.4) is 0 Å². The molecule has 2 N–H and O–H groups in total. The lowest BCUT2D eigenvalue weighted by Gasteiger charge is -2.30. The predicted molar refractivity (Wildman–Crippen MR) is 82.0 cm³/mol. The highest BCUT2D eigenvalue weighted by atomic mass is 79.9. The molecule has 1 rings (SSSR count). The van der Waals surface area contributed by atoms with Gasteiger partial charge in [0, 0.05) is 10.2 Å². The molecule has 0 bridgehead atoms. The van der Waals surface area contributed by atoms with Crippen molar-refractivity contribution < 1.29 is 5.11 Å². The molecule has 102 valence electrons. The average molecular weight is 314 g/mol. The highest BCUT2D eigenvalue weighted by molar-refractivity contribution is 9.10. The zero-order chi connectivity index (χ0) is 13.4. The maximum Gasteiger partial charge on any atom is 0.0658 e. The van der Waals surface area contributed by atoms with Crippen molar-refractivity contribution >= 4 is 21.6 Å². The van der Waals surface area contributed by atoms with E-state index in [1.54, 1.807) is 0 Å². The van der Waals surface area contributed by atoms with E-state index >= 15 is 0 Å². The molecule has 2 nitrogen and oxygen atoms in total. The Balaban J connectivity index is 2.56. The summed E-state index contributed by atoms with van der Waals surface area (Å²) in [6.07, 6.45) is 5.90. The second-order valence-corrected chi connectivity index (χ2v) is 5.99.